The van der Waals surface area contributed by atoms with Crippen molar-refractivity contribution in [3.8, 4) is 0 Å². The SMILES string of the molecule is CCOCc1nc(N)cc(N(CC)C(C)CC)n1. The summed E-state index contributed by atoms with van der Waals surface area (Å²) in [4.78, 5) is 10.9. The number of nitrogens with zero attached hydrogens (tertiary/aromatic N) is 3. The Labute approximate surface area is 109 Å². The predicted molar refractivity (Wildman–Crippen MR) is 74.5 cm³/mol. The van der Waals surface area contributed by atoms with Crippen molar-refractivity contribution >= 4 is 11.6 Å². The second-order valence-electron chi connectivity index (χ2n) is 4.25. The third-order valence-electron chi connectivity index (χ3n) is 2.97. The molecule has 1 rings (SSSR count). The zero-order chi connectivity index (χ0) is 13.5. The van der Waals surface area contributed by atoms with Gasteiger partial charge in [0, 0.05) is 25.3 Å². The van der Waals surface area contributed by atoms with Crippen LogP contribution in [-0.2, 0) is 11.3 Å². The molecule has 0 aliphatic rings. The van der Waals surface area contributed by atoms with Crippen LogP contribution in [0.3, 0.4) is 0 Å². The highest BCUT2D eigenvalue weighted by molar-refractivity contribution is 5.47. The van der Waals surface area contributed by atoms with E-state index in [0.717, 1.165) is 18.8 Å². The third kappa shape index (κ3) is 3.84. The van der Waals surface area contributed by atoms with E-state index in [1.807, 2.05) is 13.0 Å². The molecule has 18 heavy (non-hydrogen) atoms. The Morgan fingerprint density at radius 1 is 1.33 bits per heavy atom. The molecule has 1 heterocycles. The van der Waals surface area contributed by atoms with Crippen LogP contribution >= 0.6 is 0 Å². The molecule has 0 aliphatic carbocycles. The van der Waals surface area contributed by atoms with E-state index in [-0.39, 0.29) is 0 Å². The first-order valence-electron chi connectivity index (χ1n) is 6.60. The number of anilines is 2. The summed E-state index contributed by atoms with van der Waals surface area (Å²) in [5.41, 5.74) is 5.83. The van der Waals surface area contributed by atoms with Crippen LogP contribution in [0.2, 0.25) is 0 Å². The standard InChI is InChI=1S/C13H24N4O/c1-5-10(4)17(6-2)13-8-11(14)15-12(16-13)9-18-7-3/h8,10H,5-7,9H2,1-4H3,(H2,14,15,16). The number of ether oxygens (including phenoxy) is 1. The van der Waals surface area contributed by atoms with Gasteiger partial charge in [-0.05, 0) is 27.2 Å². The van der Waals surface area contributed by atoms with E-state index < -0.39 is 0 Å². The van der Waals surface area contributed by atoms with Crippen LogP contribution in [0.15, 0.2) is 6.07 Å². The third-order valence-corrected chi connectivity index (χ3v) is 2.97. The minimum atomic E-state index is 0.409. The Kier molecular flexibility index (Phi) is 5.85. The number of hydrogen-bond acceptors (Lipinski definition) is 5. The quantitative estimate of drug-likeness (QED) is 0.806. The maximum Gasteiger partial charge on any atom is 0.158 e. The van der Waals surface area contributed by atoms with Crippen molar-refractivity contribution in [3.63, 3.8) is 0 Å². The van der Waals surface area contributed by atoms with Crippen molar-refractivity contribution in [1.29, 1.82) is 0 Å². The summed E-state index contributed by atoms with van der Waals surface area (Å²) in [5.74, 6) is 2.03. The monoisotopic (exact) mass is 252 g/mol. The van der Waals surface area contributed by atoms with Crippen molar-refractivity contribution in [2.24, 2.45) is 0 Å². The van der Waals surface area contributed by atoms with Crippen molar-refractivity contribution in [2.45, 2.75) is 46.8 Å². The molecule has 1 unspecified atom stereocenters. The van der Waals surface area contributed by atoms with Gasteiger partial charge < -0.3 is 15.4 Å². The van der Waals surface area contributed by atoms with Gasteiger partial charge in [-0.3, -0.25) is 0 Å². The van der Waals surface area contributed by atoms with Gasteiger partial charge >= 0.3 is 0 Å². The molecule has 0 aromatic carbocycles. The first-order chi connectivity index (χ1) is 8.62. The Hall–Kier alpha value is -1.36. The minimum absolute atomic E-state index is 0.409. The van der Waals surface area contributed by atoms with Gasteiger partial charge in [-0.1, -0.05) is 6.92 Å². The highest BCUT2D eigenvalue weighted by Crippen LogP contribution is 2.18. The normalized spacial score (nSPS) is 12.4. The summed E-state index contributed by atoms with van der Waals surface area (Å²) >= 11 is 0. The van der Waals surface area contributed by atoms with Crippen molar-refractivity contribution in [2.75, 3.05) is 23.8 Å². The fourth-order valence-electron chi connectivity index (χ4n) is 1.83. The highest BCUT2D eigenvalue weighted by atomic mass is 16.5. The molecule has 5 nitrogen and oxygen atoms in total. The van der Waals surface area contributed by atoms with Gasteiger partial charge in [0.05, 0.1) is 0 Å². The van der Waals surface area contributed by atoms with E-state index in [4.69, 9.17) is 10.5 Å². The molecule has 2 N–H and O–H groups in total. The summed E-state index contributed by atoms with van der Waals surface area (Å²) in [6.07, 6.45) is 1.07. The number of rotatable bonds is 7. The maximum absolute atomic E-state index is 5.83. The lowest BCUT2D eigenvalue weighted by atomic mass is 10.2. The van der Waals surface area contributed by atoms with Gasteiger partial charge in [0.1, 0.15) is 18.2 Å². The molecule has 0 saturated carbocycles. The molecular formula is C13H24N4O. The Bertz CT molecular complexity index is 370. The molecule has 5 heteroatoms. The van der Waals surface area contributed by atoms with E-state index in [0.29, 0.717) is 30.9 Å². The van der Waals surface area contributed by atoms with E-state index >= 15 is 0 Å². The molecule has 0 radical (unpaired) electrons. The molecule has 0 aliphatic heterocycles. The van der Waals surface area contributed by atoms with Gasteiger partial charge in [0.25, 0.3) is 0 Å². The molecule has 1 atom stereocenters. The molecule has 0 bridgehead atoms. The first kappa shape index (κ1) is 14.7. The second-order valence-corrected chi connectivity index (χ2v) is 4.25. The van der Waals surface area contributed by atoms with Crippen LogP contribution < -0.4 is 10.6 Å². The molecule has 102 valence electrons. The number of nitrogen functional groups attached to an aromatic ring is 1. The summed E-state index contributed by atoms with van der Waals surface area (Å²) < 4.78 is 5.33. The van der Waals surface area contributed by atoms with E-state index in [2.05, 4.69) is 35.6 Å². The van der Waals surface area contributed by atoms with Gasteiger partial charge in [-0.2, -0.15) is 0 Å². The molecule has 1 aromatic rings. The fraction of sp³-hybridized carbons (Fsp3) is 0.692. The van der Waals surface area contributed by atoms with Crippen LogP contribution in [0.25, 0.3) is 0 Å². The number of hydrogen-bond donors (Lipinski definition) is 1. The Morgan fingerprint density at radius 3 is 2.61 bits per heavy atom. The van der Waals surface area contributed by atoms with E-state index in [1.54, 1.807) is 0 Å². The predicted octanol–water partition coefficient (Wildman–Crippen LogP) is 2.22. The molecule has 0 saturated heterocycles. The molecule has 0 amide bonds. The molecular weight excluding hydrogens is 228 g/mol. The summed E-state index contributed by atoms with van der Waals surface area (Å²) in [6.45, 7) is 10.4. The van der Waals surface area contributed by atoms with Gasteiger partial charge in [-0.15, -0.1) is 0 Å². The van der Waals surface area contributed by atoms with Crippen LogP contribution in [-0.4, -0.2) is 29.2 Å². The smallest absolute Gasteiger partial charge is 0.158 e. The average molecular weight is 252 g/mol. The van der Waals surface area contributed by atoms with Crippen molar-refractivity contribution in [3.05, 3.63) is 11.9 Å². The fourth-order valence-corrected chi connectivity index (χ4v) is 1.83. The highest BCUT2D eigenvalue weighted by Gasteiger charge is 2.14. The largest absolute Gasteiger partial charge is 0.384 e. The summed E-state index contributed by atoms with van der Waals surface area (Å²) in [5, 5.41) is 0. The first-order valence-corrected chi connectivity index (χ1v) is 6.60. The Morgan fingerprint density at radius 2 is 2.06 bits per heavy atom. The maximum atomic E-state index is 5.83. The lowest BCUT2D eigenvalue weighted by molar-refractivity contribution is 0.128. The molecule has 1 aromatic heterocycles. The van der Waals surface area contributed by atoms with Gasteiger partial charge in [-0.25, -0.2) is 9.97 Å². The van der Waals surface area contributed by atoms with Crippen LogP contribution in [0.5, 0.6) is 0 Å². The van der Waals surface area contributed by atoms with Crippen LogP contribution in [0.4, 0.5) is 11.6 Å². The van der Waals surface area contributed by atoms with Crippen molar-refractivity contribution < 1.29 is 4.74 Å². The lowest BCUT2D eigenvalue weighted by Gasteiger charge is -2.28. The van der Waals surface area contributed by atoms with Crippen LogP contribution in [0.1, 0.15) is 39.9 Å². The summed E-state index contributed by atoms with van der Waals surface area (Å²) in [6, 6.07) is 2.26. The second kappa shape index (κ2) is 7.16. The zero-order valence-corrected chi connectivity index (χ0v) is 11.8. The topological polar surface area (TPSA) is 64.3 Å². The average Bonchev–Trinajstić information content (AvgIpc) is 2.36. The summed E-state index contributed by atoms with van der Waals surface area (Å²) in [7, 11) is 0. The Balaban J connectivity index is 2.95. The van der Waals surface area contributed by atoms with E-state index in [1.165, 1.54) is 0 Å². The van der Waals surface area contributed by atoms with E-state index in [9.17, 15) is 0 Å². The zero-order valence-electron chi connectivity index (χ0n) is 11.8. The number of aromatic nitrogens is 2. The molecule has 0 spiro atoms. The van der Waals surface area contributed by atoms with Gasteiger partial charge in [0.15, 0.2) is 5.82 Å². The van der Waals surface area contributed by atoms with Crippen molar-refractivity contribution in [1.82, 2.24) is 9.97 Å². The lowest BCUT2D eigenvalue weighted by Crippen LogP contribution is -2.33. The van der Waals surface area contributed by atoms with Crippen LogP contribution in [0, 0.1) is 0 Å². The molecule has 0 fully saturated rings. The minimum Gasteiger partial charge on any atom is -0.384 e. The van der Waals surface area contributed by atoms with Gasteiger partial charge in [0.2, 0.25) is 0 Å². The number of nitrogens with two attached hydrogens (primary N) is 1.